The lowest BCUT2D eigenvalue weighted by Gasteiger charge is -2.26. The van der Waals surface area contributed by atoms with Crippen LogP contribution in [0.2, 0.25) is 5.02 Å². The zero-order valence-corrected chi connectivity index (χ0v) is 17.0. The van der Waals surface area contributed by atoms with Crippen molar-refractivity contribution in [1.82, 2.24) is 15.1 Å². The van der Waals surface area contributed by atoms with Gasteiger partial charge in [0.25, 0.3) is 11.5 Å². The van der Waals surface area contributed by atoms with Crippen molar-refractivity contribution >= 4 is 17.5 Å². The summed E-state index contributed by atoms with van der Waals surface area (Å²) in [6, 6.07) is 7.87. The summed E-state index contributed by atoms with van der Waals surface area (Å²) in [6.07, 6.45) is 5.48. The second kappa shape index (κ2) is 9.52. The Bertz CT molecular complexity index is 920. The summed E-state index contributed by atoms with van der Waals surface area (Å²) in [5, 5.41) is 27.2. The van der Waals surface area contributed by atoms with E-state index >= 15 is 0 Å². The van der Waals surface area contributed by atoms with Gasteiger partial charge in [0.2, 0.25) is 0 Å². The standard InChI is InChI=1S/C21H26ClN3O4/c22-17-6-5-15(18-7-8-19(27)25(24-18)11-12-26)13-16(17)20(28)23-14-21(29)9-3-1-2-4-10-21/h5-8,13,26,29H,1-4,9-12,14H2,(H,23,28). The first-order valence-electron chi connectivity index (χ1n) is 9.91. The first-order chi connectivity index (χ1) is 13.9. The van der Waals surface area contributed by atoms with Crippen LogP contribution < -0.4 is 10.9 Å². The van der Waals surface area contributed by atoms with Crippen LogP contribution in [0.25, 0.3) is 11.3 Å². The number of halogens is 1. The molecule has 156 valence electrons. The minimum atomic E-state index is -0.877. The fourth-order valence-corrected chi connectivity index (χ4v) is 3.82. The van der Waals surface area contributed by atoms with Crippen LogP contribution in [0.5, 0.6) is 0 Å². The number of amides is 1. The van der Waals surface area contributed by atoms with Crippen molar-refractivity contribution in [3.05, 3.63) is 51.3 Å². The molecule has 1 saturated carbocycles. The van der Waals surface area contributed by atoms with Crippen LogP contribution in [0.1, 0.15) is 48.9 Å². The van der Waals surface area contributed by atoms with Gasteiger partial charge in [-0.05, 0) is 31.0 Å². The second-order valence-corrected chi connectivity index (χ2v) is 7.93. The summed E-state index contributed by atoms with van der Waals surface area (Å²) < 4.78 is 1.17. The van der Waals surface area contributed by atoms with Crippen molar-refractivity contribution in [2.75, 3.05) is 13.2 Å². The van der Waals surface area contributed by atoms with E-state index in [0.29, 0.717) is 29.1 Å². The zero-order chi connectivity index (χ0) is 20.9. The van der Waals surface area contributed by atoms with Crippen molar-refractivity contribution in [2.24, 2.45) is 0 Å². The number of carbonyl (C=O) groups excluding carboxylic acids is 1. The van der Waals surface area contributed by atoms with E-state index in [1.807, 2.05) is 0 Å². The molecule has 0 radical (unpaired) electrons. The lowest BCUT2D eigenvalue weighted by Crippen LogP contribution is -2.42. The van der Waals surface area contributed by atoms with Crippen LogP contribution in [0.4, 0.5) is 0 Å². The SMILES string of the molecule is O=C(NCC1(O)CCCCCC1)c1cc(-c2ccc(=O)n(CCO)n2)ccc1Cl. The average molecular weight is 420 g/mol. The van der Waals surface area contributed by atoms with Crippen molar-refractivity contribution < 1.29 is 15.0 Å². The highest BCUT2D eigenvalue weighted by atomic mass is 35.5. The van der Waals surface area contributed by atoms with Gasteiger partial charge in [0, 0.05) is 18.2 Å². The number of aliphatic hydroxyl groups is 2. The molecule has 0 aliphatic heterocycles. The number of nitrogens with one attached hydrogen (secondary N) is 1. The summed E-state index contributed by atoms with van der Waals surface area (Å²) >= 11 is 6.24. The molecule has 29 heavy (non-hydrogen) atoms. The van der Waals surface area contributed by atoms with Gasteiger partial charge in [-0.1, -0.05) is 43.4 Å². The summed E-state index contributed by atoms with van der Waals surface area (Å²) in [7, 11) is 0. The predicted octanol–water partition coefficient (Wildman–Crippen LogP) is 2.37. The Labute approximate surface area is 174 Å². The highest BCUT2D eigenvalue weighted by molar-refractivity contribution is 6.34. The van der Waals surface area contributed by atoms with E-state index in [1.54, 1.807) is 24.3 Å². The summed E-state index contributed by atoms with van der Waals surface area (Å²) in [5.41, 5.74) is 0.206. The van der Waals surface area contributed by atoms with Gasteiger partial charge in [-0.2, -0.15) is 5.10 Å². The second-order valence-electron chi connectivity index (χ2n) is 7.52. The molecule has 1 amide bonds. The van der Waals surface area contributed by atoms with Crippen LogP contribution in [0.3, 0.4) is 0 Å². The van der Waals surface area contributed by atoms with Crippen LogP contribution in [0.15, 0.2) is 35.1 Å². The number of aliphatic hydroxyl groups excluding tert-OH is 1. The number of aromatic nitrogens is 2. The Morgan fingerprint density at radius 1 is 1.17 bits per heavy atom. The van der Waals surface area contributed by atoms with E-state index < -0.39 is 5.60 Å². The summed E-state index contributed by atoms with van der Waals surface area (Å²) in [4.78, 5) is 24.5. The third-order valence-electron chi connectivity index (χ3n) is 5.30. The van der Waals surface area contributed by atoms with Gasteiger partial charge in [-0.25, -0.2) is 4.68 Å². The molecule has 1 aromatic heterocycles. The highest BCUT2D eigenvalue weighted by Crippen LogP contribution is 2.27. The Kier molecular flexibility index (Phi) is 7.05. The normalized spacial score (nSPS) is 16.2. The summed E-state index contributed by atoms with van der Waals surface area (Å²) in [5.74, 6) is -0.363. The molecule has 0 spiro atoms. The van der Waals surface area contributed by atoms with E-state index in [0.717, 1.165) is 25.7 Å². The third kappa shape index (κ3) is 5.44. The predicted molar refractivity (Wildman–Crippen MR) is 111 cm³/mol. The molecule has 1 aliphatic rings. The molecule has 1 aliphatic carbocycles. The van der Waals surface area contributed by atoms with E-state index in [4.69, 9.17) is 16.7 Å². The number of hydrogen-bond acceptors (Lipinski definition) is 5. The topological polar surface area (TPSA) is 104 Å². The molecule has 2 aromatic rings. The maximum Gasteiger partial charge on any atom is 0.266 e. The molecular weight excluding hydrogens is 394 g/mol. The summed E-state index contributed by atoms with van der Waals surface area (Å²) in [6.45, 7) is 0.0751. The van der Waals surface area contributed by atoms with Gasteiger partial charge in [-0.3, -0.25) is 9.59 Å². The van der Waals surface area contributed by atoms with E-state index in [2.05, 4.69) is 10.4 Å². The van der Waals surface area contributed by atoms with Gasteiger partial charge < -0.3 is 15.5 Å². The van der Waals surface area contributed by atoms with Crippen LogP contribution >= 0.6 is 11.6 Å². The molecule has 1 fully saturated rings. The fraction of sp³-hybridized carbons (Fsp3) is 0.476. The molecule has 3 N–H and O–H groups in total. The van der Waals surface area contributed by atoms with Gasteiger partial charge in [0.15, 0.2) is 0 Å². The Morgan fingerprint density at radius 2 is 1.90 bits per heavy atom. The lowest BCUT2D eigenvalue weighted by molar-refractivity contribution is 0.0246. The molecule has 0 unspecified atom stereocenters. The lowest BCUT2D eigenvalue weighted by atomic mass is 9.94. The molecule has 1 aromatic carbocycles. The molecule has 0 atom stereocenters. The minimum Gasteiger partial charge on any atom is -0.394 e. The minimum absolute atomic E-state index is 0.0895. The average Bonchev–Trinajstić information content (AvgIpc) is 2.93. The molecule has 0 bridgehead atoms. The smallest absolute Gasteiger partial charge is 0.266 e. The van der Waals surface area contributed by atoms with E-state index in [9.17, 15) is 14.7 Å². The molecule has 3 rings (SSSR count). The molecule has 0 saturated heterocycles. The van der Waals surface area contributed by atoms with Crippen LogP contribution in [-0.2, 0) is 6.54 Å². The monoisotopic (exact) mass is 419 g/mol. The molecule has 1 heterocycles. The van der Waals surface area contributed by atoms with E-state index in [-0.39, 0.29) is 36.7 Å². The van der Waals surface area contributed by atoms with Crippen molar-refractivity contribution in [2.45, 2.75) is 50.7 Å². The largest absolute Gasteiger partial charge is 0.394 e. The maximum atomic E-state index is 12.7. The highest BCUT2D eigenvalue weighted by Gasteiger charge is 2.28. The van der Waals surface area contributed by atoms with Gasteiger partial charge >= 0.3 is 0 Å². The Morgan fingerprint density at radius 3 is 2.59 bits per heavy atom. The first kappa shape index (κ1) is 21.5. The van der Waals surface area contributed by atoms with E-state index in [1.165, 1.54) is 10.7 Å². The van der Waals surface area contributed by atoms with Crippen molar-refractivity contribution in [3.8, 4) is 11.3 Å². The number of carbonyl (C=O) groups is 1. The quantitative estimate of drug-likeness (QED) is 0.623. The molecule has 8 heteroatoms. The van der Waals surface area contributed by atoms with Crippen molar-refractivity contribution in [1.29, 1.82) is 0 Å². The van der Waals surface area contributed by atoms with Crippen LogP contribution in [-0.4, -0.2) is 44.7 Å². The zero-order valence-electron chi connectivity index (χ0n) is 16.2. The third-order valence-corrected chi connectivity index (χ3v) is 5.63. The number of benzene rings is 1. The first-order valence-corrected chi connectivity index (χ1v) is 10.3. The van der Waals surface area contributed by atoms with Gasteiger partial charge in [-0.15, -0.1) is 0 Å². The van der Waals surface area contributed by atoms with Crippen LogP contribution in [0, 0.1) is 0 Å². The van der Waals surface area contributed by atoms with Gasteiger partial charge in [0.1, 0.15) is 0 Å². The molecule has 7 nitrogen and oxygen atoms in total. The van der Waals surface area contributed by atoms with Crippen molar-refractivity contribution in [3.63, 3.8) is 0 Å². The Hall–Kier alpha value is -2.22. The maximum absolute atomic E-state index is 12.7. The number of hydrogen-bond donors (Lipinski definition) is 3. The number of rotatable bonds is 6. The fourth-order valence-electron chi connectivity index (χ4n) is 3.62. The van der Waals surface area contributed by atoms with Gasteiger partial charge in [0.05, 0.1) is 35.0 Å². The Balaban J connectivity index is 1.79. The molecular formula is C21H26ClN3O4. The number of nitrogens with zero attached hydrogens (tertiary/aromatic N) is 2.